The number of amides is 1. The van der Waals surface area contributed by atoms with Crippen molar-refractivity contribution < 1.29 is 9.90 Å². The Morgan fingerprint density at radius 3 is 2.18 bits per heavy atom. The van der Waals surface area contributed by atoms with Crippen molar-refractivity contribution in [3.05, 3.63) is 71.8 Å². The molecule has 1 N–H and O–H groups in total. The Balaban J connectivity index is 1.71. The van der Waals surface area contributed by atoms with Crippen molar-refractivity contribution in [2.75, 3.05) is 0 Å². The number of nitrogens with zero attached hydrogens (tertiary/aromatic N) is 1. The van der Waals surface area contributed by atoms with Crippen molar-refractivity contribution in [3.63, 3.8) is 0 Å². The van der Waals surface area contributed by atoms with Gasteiger partial charge in [-0.05, 0) is 24.0 Å². The van der Waals surface area contributed by atoms with Gasteiger partial charge in [0.1, 0.15) is 5.72 Å². The van der Waals surface area contributed by atoms with Gasteiger partial charge in [0.05, 0.1) is 0 Å². The van der Waals surface area contributed by atoms with E-state index < -0.39 is 5.72 Å². The Kier molecular flexibility index (Phi) is 4.25. The predicted octanol–water partition coefficient (Wildman–Crippen LogP) is 3.13. The molecule has 2 aromatic rings. The molecule has 3 heteroatoms. The number of rotatable bonds is 5. The highest BCUT2D eigenvalue weighted by atomic mass is 16.3. The molecule has 1 aliphatic heterocycles. The Hall–Kier alpha value is -2.13. The van der Waals surface area contributed by atoms with Crippen LogP contribution in [-0.4, -0.2) is 21.6 Å². The number of hydrogen-bond acceptors (Lipinski definition) is 2. The van der Waals surface area contributed by atoms with E-state index >= 15 is 0 Å². The number of hydrogen-bond donors (Lipinski definition) is 1. The van der Waals surface area contributed by atoms with Crippen molar-refractivity contribution in [3.8, 4) is 0 Å². The topological polar surface area (TPSA) is 40.5 Å². The van der Waals surface area contributed by atoms with Gasteiger partial charge in [-0.2, -0.15) is 0 Å². The maximum absolute atomic E-state index is 12.2. The van der Waals surface area contributed by atoms with E-state index in [-0.39, 0.29) is 5.91 Å². The number of carbonyl (C=O) groups is 1. The largest absolute Gasteiger partial charge is 0.371 e. The second kappa shape index (κ2) is 6.32. The van der Waals surface area contributed by atoms with Crippen molar-refractivity contribution in [1.82, 2.24) is 4.90 Å². The Labute approximate surface area is 131 Å². The number of carbonyl (C=O) groups excluding carboxylic acids is 1. The standard InChI is InChI=1S/C19H21NO2/c21-18-12-14-19(22,13-11-16-7-3-1-4-8-16)20(18)15-17-9-5-2-6-10-17/h1-10,22H,11-15H2. The summed E-state index contributed by atoms with van der Waals surface area (Å²) in [6, 6.07) is 19.9. The molecule has 0 aliphatic carbocycles. The molecule has 0 saturated carbocycles. The van der Waals surface area contributed by atoms with Gasteiger partial charge in [-0.1, -0.05) is 60.7 Å². The summed E-state index contributed by atoms with van der Waals surface area (Å²) in [5, 5.41) is 10.9. The Bertz CT molecular complexity index is 626. The fourth-order valence-electron chi connectivity index (χ4n) is 3.06. The van der Waals surface area contributed by atoms with Gasteiger partial charge in [0, 0.05) is 19.4 Å². The summed E-state index contributed by atoms with van der Waals surface area (Å²) in [6.07, 6.45) is 2.30. The molecule has 1 aliphatic rings. The van der Waals surface area contributed by atoms with Crippen molar-refractivity contribution in [2.24, 2.45) is 0 Å². The molecule has 22 heavy (non-hydrogen) atoms. The maximum Gasteiger partial charge on any atom is 0.225 e. The van der Waals surface area contributed by atoms with Crippen LogP contribution in [0.5, 0.6) is 0 Å². The minimum absolute atomic E-state index is 0.0411. The minimum Gasteiger partial charge on any atom is -0.371 e. The summed E-state index contributed by atoms with van der Waals surface area (Å²) in [5.74, 6) is 0.0411. The molecule has 1 fully saturated rings. The van der Waals surface area contributed by atoms with Gasteiger partial charge in [0.25, 0.3) is 0 Å². The van der Waals surface area contributed by atoms with Crippen LogP contribution in [-0.2, 0) is 17.8 Å². The van der Waals surface area contributed by atoms with Crippen LogP contribution in [0.15, 0.2) is 60.7 Å². The lowest BCUT2D eigenvalue weighted by Gasteiger charge is -2.34. The average molecular weight is 295 g/mol. The lowest BCUT2D eigenvalue weighted by Crippen LogP contribution is -2.45. The summed E-state index contributed by atoms with van der Waals surface area (Å²) in [6.45, 7) is 0.477. The van der Waals surface area contributed by atoms with Gasteiger partial charge >= 0.3 is 0 Å². The van der Waals surface area contributed by atoms with Gasteiger partial charge in [0.2, 0.25) is 5.91 Å². The molecule has 1 heterocycles. The van der Waals surface area contributed by atoms with Gasteiger partial charge in [0.15, 0.2) is 0 Å². The van der Waals surface area contributed by atoms with Crippen molar-refractivity contribution >= 4 is 5.91 Å². The quantitative estimate of drug-likeness (QED) is 0.920. The summed E-state index contributed by atoms with van der Waals surface area (Å²) in [4.78, 5) is 13.8. The Morgan fingerprint density at radius 2 is 1.55 bits per heavy atom. The highest BCUT2D eigenvalue weighted by Gasteiger charge is 2.43. The zero-order valence-corrected chi connectivity index (χ0v) is 12.6. The molecule has 0 aromatic heterocycles. The molecule has 1 amide bonds. The van der Waals surface area contributed by atoms with Crippen LogP contribution in [0.25, 0.3) is 0 Å². The fourth-order valence-corrected chi connectivity index (χ4v) is 3.06. The first-order chi connectivity index (χ1) is 10.7. The van der Waals surface area contributed by atoms with Crippen LogP contribution in [0.3, 0.4) is 0 Å². The summed E-state index contributed by atoms with van der Waals surface area (Å²) in [7, 11) is 0. The van der Waals surface area contributed by atoms with Crippen LogP contribution in [0, 0.1) is 0 Å². The molecule has 0 radical (unpaired) electrons. The zero-order chi connectivity index (χ0) is 15.4. The van der Waals surface area contributed by atoms with Crippen molar-refractivity contribution in [1.29, 1.82) is 0 Å². The van der Waals surface area contributed by atoms with Crippen LogP contribution in [0.4, 0.5) is 0 Å². The van der Waals surface area contributed by atoms with Gasteiger partial charge < -0.3 is 10.0 Å². The third-order valence-electron chi connectivity index (χ3n) is 4.38. The highest BCUT2D eigenvalue weighted by Crippen LogP contribution is 2.33. The summed E-state index contributed by atoms with van der Waals surface area (Å²) < 4.78 is 0. The maximum atomic E-state index is 12.2. The van der Waals surface area contributed by atoms with E-state index in [1.54, 1.807) is 4.90 Å². The van der Waals surface area contributed by atoms with E-state index in [0.29, 0.717) is 25.8 Å². The number of aryl methyl sites for hydroxylation is 1. The average Bonchev–Trinajstić information content (AvgIpc) is 2.84. The second-order valence-corrected chi connectivity index (χ2v) is 5.93. The normalized spacial score (nSPS) is 21.3. The summed E-state index contributed by atoms with van der Waals surface area (Å²) in [5.41, 5.74) is 1.22. The molecular formula is C19H21NO2. The summed E-state index contributed by atoms with van der Waals surface area (Å²) >= 11 is 0. The van der Waals surface area contributed by atoms with E-state index in [0.717, 1.165) is 12.0 Å². The van der Waals surface area contributed by atoms with Gasteiger partial charge in [-0.15, -0.1) is 0 Å². The third kappa shape index (κ3) is 3.20. The first-order valence-electron chi connectivity index (χ1n) is 7.78. The fraction of sp³-hybridized carbons (Fsp3) is 0.316. The smallest absolute Gasteiger partial charge is 0.225 e. The second-order valence-electron chi connectivity index (χ2n) is 5.93. The highest BCUT2D eigenvalue weighted by molar-refractivity contribution is 5.79. The van der Waals surface area contributed by atoms with E-state index in [4.69, 9.17) is 0 Å². The first kappa shape index (κ1) is 14.8. The van der Waals surface area contributed by atoms with E-state index in [2.05, 4.69) is 12.1 Å². The molecule has 1 unspecified atom stereocenters. The third-order valence-corrected chi connectivity index (χ3v) is 4.38. The molecule has 0 spiro atoms. The minimum atomic E-state index is -1.03. The van der Waals surface area contributed by atoms with Gasteiger partial charge in [-0.25, -0.2) is 0 Å². The van der Waals surface area contributed by atoms with Gasteiger partial charge in [-0.3, -0.25) is 4.79 Å². The first-order valence-corrected chi connectivity index (χ1v) is 7.78. The Morgan fingerprint density at radius 1 is 0.955 bits per heavy atom. The molecule has 3 rings (SSSR count). The molecular weight excluding hydrogens is 274 g/mol. The molecule has 3 nitrogen and oxygen atoms in total. The SMILES string of the molecule is O=C1CCC(O)(CCc2ccccc2)N1Cc1ccccc1. The lowest BCUT2D eigenvalue weighted by molar-refractivity contribution is -0.148. The van der Waals surface area contributed by atoms with Crippen LogP contribution >= 0.6 is 0 Å². The lowest BCUT2D eigenvalue weighted by atomic mass is 9.99. The molecule has 1 atom stereocenters. The molecule has 0 bridgehead atoms. The van der Waals surface area contributed by atoms with E-state index in [1.165, 1.54) is 5.56 Å². The predicted molar refractivity (Wildman–Crippen MR) is 85.9 cm³/mol. The van der Waals surface area contributed by atoms with Crippen molar-refractivity contribution in [2.45, 2.75) is 38.0 Å². The molecule has 114 valence electrons. The van der Waals surface area contributed by atoms with Crippen LogP contribution in [0.1, 0.15) is 30.4 Å². The van der Waals surface area contributed by atoms with E-state index in [1.807, 2.05) is 48.5 Å². The van der Waals surface area contributed by atoms with Crippen LogP contribution in [0.2, 0.25) is 0 Å². The molecule has 1 saturated heterocycles. The number of aliphatic hydroxyl groups is 1. The number of benzene rings is 2. The molecule has 2 aromatic carbocycles. The zero-order valence-electron chi connectivity index (χ0n) is 12.6. The monoisotopic (exact) mass is 295 g/mol. The van der Waals surface area contributed by atoms with E-state index in [9.17, 15) is 9.90 Å². The number of likely N-dealkylation sites (tertiary alicyclic amines) is 1. The van der Waals surface area contributed by atoms with Crippen LogP contribution < -0.4 is 0 Å².